The average Bonchev–Trinajstić information content (AvgIpc) is 3.63. The summed E-state index contributed by atoms with van der Waals surface area (Å²) in [5.74, 6) is 0. The van der Waals surface area contributed by atoms with Gasteiger partial charge in [-0.3, -0.25) is 0 Å². The summed E-state index contributed by atoms with van der Waals surface area (Å²) in [4.78, 5) is 0. The lowest BCUT2D eigenvalue weighted by molar-refractivity contribution is 0.670. The van der Waals surface area contributed by atoms with Gasteiger partial charge < -0.3 is 8.83 Å². The van der Waals surface area contributed by atoms with Crippen LogP contribution in [0, 0.1) is 22.7 Å². The van der Waals surface area contributed by atoms with Gasteiger partial charge in [0.15, 0.2) is 0 Å². The number of para-hydroxylation sites is 4. The van der Waals surface area contributed by atoms with Crippen molar-refractivity contribution in [2.75, 3.05) is 0 Å². The third kappa shape index (κ3) is 3.53. The van der Waals surface area contributed by atoms with Crippen LogP contribution in [-0.4, -0.2) is 0 Å². The Balaban J connectivity index is 1.47. The van der Waals surface area contributed by atoms with E-state index in [2.05, 4.69) is 48.5 Å². The molecule has 0 aliphatic carbocycles. The fraction of sp³-hybridized carbons (Fsp3) is 0. The van der Waals surface area contributed by atoms with Crippen molar-refractivity contribution >= 4 is 43.9 Å². The van der Waals surface area contributed by atoms with Gasteiger partial charge in [-0.1, -0.05) is 84.9 Å². The lowest BCUT2D eigenvalue weighted by atomic mass is 9.87. The molecule has 0 spiro atoms. The van der Waals surface area contributed by atoms with Crippen LogP contribution in [-0.2, 0) is 0 Å². The van der Waals surface area contributed by atoms with E-state index in [1.165, 1.54) is 0 Å². The maximum Gasteiger partial charge on any atom is 0.143 e. The summed E-state index contributed by atoms with van der Waals surface area (Å²) in [6.45, 7) is 0. The zero-order valence-electron chi connectivity index (χ0n) is 22.3. The smallest absolute Gasteiger partial charge is 0.143 e. The molecule has 194 valence electrons. The number of rotatable bonds is 3. The second-order valence-corrected chi connectivity index (χ2v) is 10.3. The molecule has 2 aromatic heterocycles. The lowest BCUT2D eigenvalue weighted by Crippen LogP contribution is -1.93. The summed E-state index contributed by atoms with van der Waals surface area (Å²) >= 11 is 0. The zero-order valence-corrected chi connectivity index (χ0v) is 22.3. The van der Waals surface area contributed by atoms with Crippen LogP contribution in [0.25, 0.3) is 77.3 Å². The van der Waals surface area contributed by atoms with Crippen LogP contribution >= 0.6 is 0 Å². The van der Waals surface area contributed by atoms with Crippen LogP contribution in [0.15, 0.2) is 130 Å². The molecule has 0 saturated carbocycles. The molecule has 8 aromatic rings. The highest BCUT2D eigenvalue weighted by Gasteiger charge is 2.21. The fourth-order valence-corrected chi connectivity index (χ4v) is 6.02. The van der Waals surface area contributed by atoms with E-state index in [9.17, 15) is 10.5 Å². The Morgan fingerprint density at radius 3 is 1.60 bits per heavy atom. The molecule has 0 radical (unpaired) electrons. The number of hydrogen-bond acceptors (Lipinski definition) is 4. The van der Waals surface area contributed by atoms with Crippen molar-refractivity contribution in [1.82, 2.24) is 0 Å². The van der Waals surface area contributed by atoms with Crippen LogP contribution in [0.1, 0.15) is 11.1 Å². The summed E-state index contributed by atoms with van der Waals surface area (Å²) in [5.41, 5.74) is 9.34. The van der Waals surface area contributed by atoms with Crippen molar-refractivity contribution in [3.8, 4) is 45.5 Å². The molecular formula is C38H20N2O2. The zero-order chi connectivity index (χ0) is 28.2. The molecule has 8 rings (SSSR count). The number of fused-ring (bicyclic) bond motifs is 6. The van der Waals surface area contributed by atoms with Gasteiger partial charge >= 0.3 is 0 Å². The quantitative estimate of drug-likeness (QED) is 0.225. The Labute approximate surface area is 240 Å². The van der Waals surface area contributed by atoms with Crippen molar-refractivity contribution in [2.24, 2.45) is 0 Å². The first-order chi connectivity index (χ1) is 20.7. The molecule has 0 fully saturated rings. The van der Waals surface area contributed by atoms with E-state index in [1.54, 1.807) is 12.1 Å². The van der Waals surface area contributed by atoms with Crippen LogP contribution in [0.5, 0.6) is 0 Å². The Hall–Kier alpha value is -6.10. The van der Waals surface area contributed by atoms with Crippen LogP contribution in [0.3, 0.4) is 0 Å². The SMILES string of the molecule is N#Cc1ccc(-c2cc(-c3cccc4c3oc3ccccc34)cc(-c3cccc4c3oc3ccccc34)c2C#N)cc1. The number of benzene rings is 6. The molecule has 6 aromatic carbocycles. The van der Waals surface area contributed by atoms with Gasteiger partial charge in [-0.25, -0.2) is 0 Å². The minimum absolute atomic E-state index is 0.535. The van der Waals surface area contributed by atoms with Crippen LogP contribution in [0.4, 0.5) is 0 Å². The number of nitrogens with zero attached hydrogens (tertiary/aromatic N) is 2. The van der Waals surface area contributed by atoms with E-state index in [0.717, 1.165) is 77.3 Å². The van der Waals surface area contributed by atoms with Gasteiger partial charge in [0.1, 0.15) is 28.4 Å². The van der Waals surface area contributed by atoms with Gasteiger partial charge in [-0.2, -0.15) is 10.5 Å². The molecule has 2 heterocycles. The van der Waals surface area contributed by atoms with E-state index >= 15 is 0 Å². The molecule has 4 heteroatoms. The maximum atomic E-state index is 10.6. The summed E-state index contributed by atoms with van der Waals surface area (Å²) in [5, 5.41) is 24.1. The van der Waals surface area contributed by atoms with Crippen LogP contribution < -0.4 is 0 Å². The molecule has 0 saturated heterocycles. The van der Waals surface area contributed by atoms with E-state index < -0.39 is 0 Å². The van der Waals surface area contributed by atoms with E-state index in [-0.39, 0.29) is 0 Å². The van der Waals surface area contributed by atoms with Crippen molar-refractivity contribution in [3.63, 3.8) is 0 Å². The molecule has 4 nitrogen and oxygen atoms in total. The first-order valence-corrected chi connectivity index (χ1v) is 13.6. The maximum absolute atomic E-state index is 10.6. The molecule has 0 N–H and O–H groups in total. The summed E-state index contributed by atoms with van der Waals surface area (Å²) in [6.07, 6.45) is 0. The highest BCUT2D eigenvalue weighted by molar-refractivity contribution is 6.12. The summed E-state index contributed by atoms with van der Waals surface area (Å²) in [6, 6.07) is 44.4. The normalized spacial score (nSPS) is 11.3. The molecule has 42 heavy (non-hydrogen) atoms. The highest BCUT2D eigenvalue weighted by Crippen LogP contribution is 2.43. The first-order valence-electron chi connectivity index (χ1n) is 13.6. The third-order valence-electron chi connectivity index (χ3n) is 7.98. The third-order valence-corrected chi connectivity index (χ3v) is 7.98. The number of furan rings is 2. The second-order valence-electron chi connectivity index (χ2n) is 10.3. The Morgan fingerprint density at radius 2 is 0.976 bits per heavy atom. The van der Waals surface area contributed by atoms with E-state index in [0.29, 0.717) is 11.1 Å². The second kappa shape index (κ2) is 9.24. The molecular weight excluding hydrogens is 516 g/mol. The topological polar surface area (TPSA) is 73.9 Å². The molecule has 0 amide bonds. The molecule has 0 aliphatic heterocycles. The predicted octanol–water partition coefficient (Wildman–Crippen LogP) is 10.2. The summed E-state index contributed by atoms with van der Waals surface area (Å²) in [7, 11) is 0. The van der Waals surface area contributed by atoms with Gasteiger partial charge in [0.25, 0.3) is 0 Å². The Morgan fingerprint density at radius 1 is 0.429 bits per heavy atom. The summed E-state index contributed by atoms with van der Waals surface area (Å²) < 4.78 is 12.8. The molecule has 0 aliphatic rings. The minimum atomic E-state index is 0.535. The minimum Gasteiger partial charge on any atom is -0.455 e. The van der Waals surface area contributed by atoms with Gasteiger partial charge in [-0.15, -0.1) is 0 Å². The van der Waals surface area contributed by atoms with Gasteiger partial charge in [-0.05, 0) is 47.5 Å². The van der Waals surface area contributed by atoms with Gasteiger partial charge in [0.2, 0.25) is 0 Å². The lowest BCUT2D eigenvalue weighted by Gasteiger charge is -2.15. The van der Waals surface area contributed by atoms with Crippen molar-refractivity contribution < 1.29 is 8.83 Å². The largest absolute Gasteiger partial charge is 0.455 e. The van der Waals surface area contributed by atoms with Gasteiger partial charge in [0.05, 0.1) is 17.2 Å². The Kier molecular flexibility index (Phi) is 5.22. The fourth-order valence-electron chi connectivity index (χ4n) is 6.02. The number of hydrogen-bond donors (Lipinski definition) is 0. The molecule has 0 bridgehead atoms. The molecule has 0 unspecified atom stereocenters. The molecule has 0 atom stereocenters. The van der Waals surface area contributed by atoms with Crippen molar-refractivity contribution in [1.29, 1.82) is 10.5 Å². The number of nitriles is 2. The Bertz CT molecular complexity index is 2430. The standard InChI is InChI=1S/C38H20N2O2/c39-21-23-15-17-24(18-16-23)32-19-25(26-9-5-10-29-27-7-1-3-13-35(27)41-37(26)29)20-33(34(32)22-40)31-12-6-11-30-28-8-2-4-14-36(28)42-38(30)31/h1-20H. The van der Waals surface area contributed by atoms with E-state index in [4.69, 9.17) is 8.83 Å². The highest BCUT2D eigenvalue weighted by atomic mass is 16.3. The monoisotopic (exact) mass is 536 g/mol. The van der Waals surface area contributed by atoms with E-state index in [1.807, 2.05) is 72.8 Å². The van der Waals surface area contributed by atoms with Crippen molar-refractivity contribution in [3.05, 3.63) is 132 Å². The first kappa shape index (κ1) is 23.8. The van der Waals surface area contributed by atoms with Crippen molar-refractivity contribution in [2.45, 2.75) is 0 Å². The predicted molar refractivity (Wildman–Crippen MR) is 167 cm³/mol. The van der Waals surface area contributed by atoms with Crippen LogP contribution in [0.2, 0.25) is 0 Å². The van der Waals surface area contributed by atoms with Gasteiger partial charge in [0, 0.05) is 43.8 Å². The average molecular weight is 537 g/mol.